The van der Waals surface area contributed by atoms with Gasteiger partial charge in [-0.25, -0.2) is 32.6 Å². The van der Waals surface area contributed by atoms with Gasteiger partial charge in [-0.15, -0.1) is 0 Å². The standard InChI is InChI=1S/C27H20F4N6O/c28-19-3-1-17(2-4-19)25-26(36(15-33-25)13-16-11-27(30,31)12-16)21-5-6-24-34-20(14-37(24)35-21)10-22(38)18-7-8-32-23(29)9-18/h1-9,14-16H,10-13H2. The predicted molar refractivity (Wildman–Crippen MR) is 130 cm³/mol. The van der Waals surface area contributed by atoms with Crippen LogP contribution in [0.4, 0.5) is 17.6 Å². The highest BCUT2D eigenvalue weighted by molar-refractivity contribution is 5.97. The van der Waals surface area contributed by atoms with Gasteiger partial charge >= 0.3 is 0 Å². The number of halogens is 4. The Hall–Kier alpha value is -4.41. The highest BCUT2D eigenvalue weighted by atomic mass is 19.3. The minimum atomic E-state index is -2.64. The fourth-order valence-corrected chi connectivity index (χ4v) is 4.79. The number of aromatic nitrogens is 6. The van der Waals surface area contributed by atoms with E-state index in [1.165, 1.54) is 28.9 Å². The van der Waals surface area contributed by atoms with E-state index in [4.69, 9.17) is 0 Å². The van der Waals surface area contributed by atoms with E-state index in [2.05, 4.69) is 20.1 Å². The van der Waals surface area contributed by atoms with Gasteiger partial charge in [-0.05, 0) is 48.4 Å². The van der Waals surface area contributed by atoms with Crippen LogP contribution < -0.4 is 0 Å². The van der Waals surface area contributed by atoms with E-state index in [0.717, 1.165) is 6.07 Å². The number of imidazole rings is 2. The summed E-state index contributed by atoms with van der Waals surface area (Å²) in [5.74, 6) is -4.29. The molecular weight excluding hydrogens is 500 g/mol. The lowest BCUT2D eigenvalue weighted by Gasteiger charge is -2.35. The summed E-state index contributed by atoms with van der Waals surface area (Å²) >= 11 is 0. The van der Waals surface area contributed by atoms with Gasteiger partial charge in [0.1, 0.15) is 11.5 Å². The summed E-state index contributed by atoms with van der Waals surface area (Å²) in [6, 6.07) is 11.8. The van der Waals surface area contributed by atoms with Crippen LogP contribution in [0.1, 0.15) is 28.9 Å². The van der Waals surface area contributed by atoms with Crippen LogP contribution in [0.5, 0.6) is 0 Å². The van der Waals surface area contributed by atoms with Crippen LogP contribution in [0.25, 0.3) is 28.3 Å². The van der Waals surface area contributed by atoms with Gasteiger partial charge in [-0.3, -0.25) is 4.79 Å². The second kappa shape index (κ2) is 9.16. The Morgan fingerprint density at radius 3 is 2.55 bits per heavy atom. The number of rotatable bonds is 7. The van der Waals surface area contributed by atoms with Crippen LogP contribution in [0.2, 0.25) is 0 Å². The van der Waals surface area contributed by atoms with Gasteiger partial charge in [-0.1, -0.05) is 0 Å². The van der Waals surface area contributed by atoms with Crippen molar-refractivity contribution in [2.75, 3.05) is 0 Å². The van der Waals surface area contributed by atoms with E-state index in [9.17, 15) is 22.4 Å². The van der Waals surface area contributed by atoms with Crippen LogP contribution in [0.15, 0.2) is 67.3 Å². The zero-order valence-corrected chi connectivity index (χ0v) is 19.9. The lowest BCUT2D eigenvalue weighted by Crippen LogP contribution is -2.37. The van der Waals surface area contributed by atoms with Crippen LogP contribution in [0.3, 0.4) is 0 Å². The molecule has 7 nitrogen and oxygen atoms in total. The first-order valence-electron chi connectivity index (χ1n) is 11.9. The minimum Gasteiger partial charge on any atom is -0.328 e. The Kier molecular flexibility index (Phi) is 5.77. The summed E-state index contributed by atoms with van der Waals surface area (Å²) in [4.78, 5) is 25.0. The van der Waals surface area contributed by atoms with Crippen molar-refractivity contribution in [2.45, 2.75) is 31.7 Å². The van der Waals surface area contributed by atoms with Crippen LogP contribution in [-0.4, -0.2) is 40.8 Å². The van der Waals surface area contributed by atoms with Crippen molar-refractivity contribution in [1.29, 1.82) is 0 Å². The average Bonchev–Trinajstić information content (AvgIpc) is 3.46. The number of alkyl halides is 2. The highest BCUT2D eigenvalue weighted by Crippen LogP contribution is 2.44. The van der Waals surface area contributed by atoms with Gasteiger partial charge in [0.25, 0.3) is 0 Å². The monoisotopic (exact) mass is 520 g/mol. The SMILES string of the molecule is O=C(Cc1cn2nc(-c3c(-c4ccc(F)cc4)ncn3CC3CC(F)(F)C3)ccc2n1)c1ccnc(F)c1. The number of ketones is 1. The summed E-state index contributed by atoms with van der Waals surface area (Å²) in [7, 11) is 0. The molecule has 1 aliphatic carbocycles. The predicted octanol–water partition coefficient (Wildman–Crippen LogP) is 5.40. The van der Waals surface area contributed by atoms with E-state index >= 15 is 0 Å². The van der Waals surface area contributed by atoms with Crippen molar-refractivity contribution in [3.05, 3.63) is 90.3 Å². The number of hydrogen-bond acceptors (Lipinski definition) is 5. The third kappa shape index (κ3) is 4.67. The van der Waals surface area contributed by atoms with Crippen molar-refractivity contribution in [3.8, 4) is 22.6 Å². The zero-order chi connectivity index (χ0) is 26.4. The molecule has 192 valence electrons. The van der Waals surface area contributed by atoms with Crippen LogP contribution >= 0.6 is 0 Å². The van der Waals surface area contributed by atoms with E-state index in [1.807, 2.05) is 0 Å². The molecule has 1 fully saturated rings. The van der Waals surface area contributed by atoms with Crippen molar-refractivity contribution < 1.29 is 22.4 Å². The van der Waals surface area contributed by atoms with Crippen molar-refractivity contribution >= 4 is 11.4 Å². The van der Waals surface area contributed by atoms with Crippen LogP contribution in [-0.2, 0) is 13.0 Å². The molecule has 0 atom stereocenters. The first-order valence-corrected chi connectivity index (χ1v) is 11.9. The number of Topliss-reactive ketones (excluding diaryl/α,β-unsaturated/α-hetero) is 1. The fourth-order valence-electron chi connectivity index (χ4n) is 4.79. The molecule has 0 spiro atoms. The van der Waals surface area contributed by atoms with E-state index < -0.39 is 11.9 Å². The molecular formula is C27H20F4N6O. The zero-order valence-electron chi connectivity index (χ0n) is 19.9. The van der Waals surface area contributed by atoms with Gasteiger partial charge in [0.2, 0.25) is 11.9 Å². The highest BCUT2D eigenvalue weighted by Gasteiger charge is 2.45. The molecule has 11 heteroatoms. The smallest absolute Gasteiger partial charge is 0.248 e. The van der Waals surface area contributed by atoms with E-state index in [0.29, 0.717) is 40.5 Å². The average molecular weight is 520 g/mol. The van der Waals surface area contributed by atoms with Gasteiger partial charge in [-0.2, -0.15) is 9.49 Å². The fraction of sp³-hybridized carbons (Fsp3) is 0.222. The Morgan fingerprint density at radius 2 is 1.82 bits per heavy atom. The topological polar surface area (TPSA) is 78.0 Å². The Labute approximate surface area is 213 Å². The van der Waals surface area contributed by atoms with Gasteiger partial charge < -0.3 is 4.57 Å². The number of nitrogens with zero attached hydrogens (tertiary/aromatic N) is 6. The molecule has 0 aliphatic heterocycles. The molecule has 0 bridgehead atoms. The molecule has 4 heterocycles. The molecule has 6 rings (SSSR count). The summed E-state index contributed by atoms with van der Waals surface area (Å²) in [6.45, 7) is 0.338. The summed E-state index contributed by atoms with van der Waals surface area (Å²) in [5, 5.41) is 4.67. The lowest BCUT2D eigenvalue weighted by atomic mass is 9.81. The molecule has 1 aliphatic rings. The Bertz CT molecular complexity index is 1650. The number of fused-ring (bicyclic) bond motifs is 1. The molecule has 0 radical (unpaired) electrons. The first-order chi connectivity index (χ1) is 18.2. The molecule has 0 saturated heterocycles. The second-order valence-corrected chi connectivity index (χ2v) is 9.45. The third-order valence-corrected chi connectivity index (χ3v) is 6.59. The minimum absolute atomic E-state index is 0.0587. The van der Waals surface area contributed by atoms with Crippen molar-refractivity contribution in [1.82, 2.24) is 29.1 Å². The normalized spacial score (nSPS) is 15.1. The summed E-state index contributed by atoms with van der Waals surface area (Å²) < 4.78 is 57.3. The third-order valence-electron chi connectivity index (χ3n) is 6.59. The molecule has 4 aromatic heterocycles. The van der Waals surface area contributed by atoms with E-state index in [1.54, 1.807) is 41.4 Å². The number of pyridine rings is 1. The molecule has 1 saturated carbocycles. The Morgan fingerprint density at radius 1 is 1.03 bits per heavy atom. The van der Waals surface area contributed by atoms with E-state index in [-0.39, 0.29) is 42.3 Å². The van der Waals surface area contributed by atoms with Crippen LogP contribution in [0, 0.1) is 17.7 Å². The maximum absolute atomic E-state index is 13.6. The number of benzene rings is 1. The summed E-state index contributed by atoms with van der Waals surface area (Å²) in [6.07, 6.45) is 3.98. The summed E-state index contributed by atoms with van der Waals surface area (Å²) in [5.41, 5.74) is 3.43. The number of hydrogen-bond donors (Lipinski definition) is 0. The molecule has 38 heavy (non-hydrogen) atoms. The maximum atomic E-state index is 13.6. The second-order valence-electron chi connectivity index (χ2n) is 9.45. The quantitative estimate of drug-likeness (QED) is 0.163. The molecule has 0 N–H and O–H groups in total. The lowest BCUT2D eigenvalue weighted by molar-refractivity contribution is -0.113. The maximum Gasteiger partial charge on any atom is 0.248 e. The number of carbonyl (C=O) groups excluding carboxylic acids is 1. The van der Waals surface area contributed by atoms with Gasteiger partial charge in [0, 0.05) is 42.8 Å². The first kappa shape index (κ1) is 24.0. The molecule has 0 amide bonds. The number of carbonyl (C=O) groups is 1. The Balaban J connectivity index is 1.35. The molecule has 0 unspecified atom stereocenters. The largest absolute Gasteiger partial charge is 0.328 e. The van der Waals surface area contributed by atoms with Gasteiger partial charge in [0.15, 0.2) is 11.4 Å². The molecule has 1 aromatic carbocycles. The molecule has 5 aromatic rings. The van der Waals surface area contributed by atoms with Gasteiger partial charge in [0.05, 0.1) is 36.0 Å². The van der Waals surface area contributed by atoms with Crippen molar-refractivity contribution in [3.63, 3.8) is 0 Å². The van der Waals surface area contributed by atoms with Crippen molar-refractivity contribution in [2.24, 2.45) is 5.92 Å².